The molecule has 3 nitrogen and oxygen atoms in total. The van der Waals surface area contributed by atoms with E-state index >= 15 is 0 Å². The zero-order chi connectivity index (χ0) is 13.6. The molecule has 0 heterocycles. The van der Waals surface area contributed by atoms with Crippen LogP contribution in [0.25, 0.3) is 0 Å². The van der Waals surface area contributed by atoms with E-state index in [2.05, 4.69) is 5.32 Å². The molecule has 0 atom stereocenters. The van der Waals surface area contributed by atoms with Crippen LogP contribution >= 0.6 is 12.4 Å². The first-order valence-corrected chi connectivity index (χ1v) is 6.31. The lowest BCUT2D eigenvalue weighted by Crippen LogP contribution is -2.53. The second-order valence-corrected chi connectivity index (χ2v) is 4.51. The summed E-state index contributed by atoms with van der Waals surface area (Å²) in [6, 6.07) is 6.32. The number of halogens is 2. The Bertz CT molecular complexity index is 400. The zero-order valence-corrected chi connectivity index (χ0v) is 12.2. The smallest absolute Gasteiger partial charge is 0.225 e. The minimum absolute atomic E-state index is 0. The van der Waals surface area contributed by atoms with E-state index in [1.165, 1.54) is 6.07 Å². The Morgan fingerprint density at radius 1 is 1.32 bits per heavy atom. The van der Waals surface area contributed by atoms with Gasteiger partial charge in [-0.15, -0.1) is 12.4 Å². The van der Waals surface area contributed by atoms with Crippen molar-refractivity contribution in [2.45, 2.75) is 38.6 Å². The monoisotopic (exact) mass is 288 g/mol. The highest BCUT2D eigenvalue weighted by Crippen LogP contribution is 2.14. The van der Waals surface area contributed by atoms with E-state index in [4.69, 9.17) is 5.73 Å². The average Bonchev–Trinajstić information content (AvgIpc) is 2.39. The average molecular weight is 289 g/mol. The van der Waals surface area contributed by atoms with Crippen molar-refractivity contribution in [1.82, 2.24) is 5.32 Å². The molecule has 0 fully saturated rings. The molecule has 0 spiro atoms. The number of carbonyl (C=O) groups excluding carboxylic acids is 1. The first-order chi connectivity index (χ1) is 8.56. The molecule has 3 N–H and O–H groups in total. The second-order valence-electron chi connectivity index (χ2n) is 4.51. The molecule has 0 aromatic heterocycles. The second kappa shape index (κ2) is 8.12. The van der Waals surface area contributed by atoms with Gasteiger partial charge in [-0.05, 0) is 24.5 Å². The number of amides is 1. The van der Waals surface area contributed by atoms with Crippen molar-refractivity contribution in [2.75, 3.05) is 6.54 Å². The molecule has 0 radical (unpaired) electrons. The molecule has 108 valence electrons. The van der Waals surface area contributed by atoms with Gasteiger partial charge in [-0.2, -0.15) is 0 Å². The van der Waals surface area contributed by atoms with Crippen LogP contribution in [0.4, 0.5) is 4.39 Å². The Labute approximate surface area is 120 Å². The van der Waals surface area contributed by atoms with Crippen molar-refractivity contribution < 1.29 is 9.18 Å². The lowest BCUT2D eigenvalue weighted by atomic mass is 9.92. The fourth-order valence-electron chi connectivity index (χ4n) is 1.92. The number of hydrogen-bond donors (Lipinski definition) is 2. The molecule has 1 aromatic carbocycles. The number of carbonyl (C=O) groups is 1. The van der Waals surface area contributed by atoms with Crippen LogP contribution in [-0.2, 0) is 11.2 Å². The van der Waals surface area contributed by atoms with Gasteiger partial charge in [0.1, 0.15) is 5.82 Å². The predicted molar refractivity (Wildman–Crippen MR) is 77.9 cm³/mol. The molecular formula is C14H22ClFN2O. The summed E-state index contributed by atoms with van der Waals surface area (Å²) in [5.41, 5.74) is 5.75. The van der Waals surface area contributed by atoms with E-state index in [-0.39, 0.29) is 36.1 Å². The van der Waals surface area contributed by atoms with Crippen molar-refractivity contribution in [3.63, 3.8) is 0 Å². The molecule has 1 rings (SSSR count). The van der Waals surface area contributed by atoms with Crippen LogP contribution in [0.5, 0.6) is 0 Å². The lowest BCUT2D eigenvalue weighted by Gasteiger charge is -2.31. The molecule has 0 saturated carbocycles. The Morgan fingerprint density at radius 3 is 2.37 bits per heavy atom. The van der Waals surface area contributed by atoms with Crippen molar-refractivity contribution in [3.05, 3.63) is 35.6 Å². The van der Waals surface area contributed by atoms with Gasteiger partial charge in [0.15, 0.2) is 0 Å². The first-order valence-electron chi connectivity index (χ1n) is 6.31. The zero-order valence-electron chi connectivity index (χ0n) is 11.4. The van der Waals surface area contributed by atoms with Gasteiger partial charge in [0.2, 0.25) is 5.91 Å². The van der Waals surface area contributed by atoms with Crippen LogP contribution < -0.4 is 11.1 Å². The molecule has 19 heavy (non-hydrogen) atoms. The van der Waals surface area contributed by atoms with Crippen LogP contribution in [0.3, 0.4) is 0 Å². The van der Waals surface area contributed by atoms with Crippen LogP contribution in [0.2, 0.25) is 0 Å². The molecule has 0 bridgehead atoms. The summed E-state index contributed by atoms with van der Waals surface area (Å²) < 4.78 is 13.4. The minimum atomic E-state index is -0.373. The highest BCUT2D eigenvalue weighted by atomic mass is 35.5. The normalized spacial score (nSPS) is 10.7. The van der Waals surface area contributed by atoms with E-state index in [1.807, 2.05) is 13.8 Å². The quantitative estimate of drug-likeness (QED) is 0.845. The summed E-state index contributed by atoms with van der Waals surface area (Å²) in [5, 5.41) is 2.92. The van der Waals surface area contributed by atoms with Crippen LogP contribution in [0.1, 0.15) is 32.3 Å². The molecule has 1 amide bonds. The molecule has 0 aliphatic carbocycles. The Hall–Kier alpha value is -1.13. The largest absolute Gasteiger partial charge is 0.349 e. The van der Waals surface area contributed by atoms with Crippen LogP contribution in [0.15, 0.2) is 24.3 Å². The highest BCUT2D eigenvalue weighted by molar-refractivity contribution is 5.85. The number of hydrogen-bond acceptors (Lipinski definition) is 2. The standard InChI is InChI=1S/C14H21FN2O.ClH/c1-3-14(4-2,10-16)17-13(18)9-11-7-5-6-8-12(11)15;/h5-8H,3-4,9-10,16H2,1-2H3,(H,17,18);1H. The third-order valence-corrected chi connectivity index (χ3v) is 3.46. The molecule has 0 unspecified atom stereocenters. The number of nitrogens with one attached hydrogen (secondary N) is 1. The third kappa shape index (κ3) is 4.80. The van der Waals surface area contributed by atoms with E-state index in [0.717, 1.165) is 12.8 Å². The molecule has 0 aliphatic rings. The highest BCUT2D eigenvalue weighted by Gasteiger charge is 2.26. The summed E-state index contributed by atoms with van der Waals surface area (Å²) in [6.07, 6.45) is 1.58. The summed E-state index contributed by atoms with van der Waals surface area (Å²) in [6.45, 7) is 4.36. The lowest BCUT2D eigenvalue weighted by molar-refractivity contribution is -0.122. The molecular weight excluding hydrogens is 267 g/mol. The first kappa shape index (κ1) is 17.9. The van der Waals surface area contributed by atoms with Gasteiger partial charge >= 0.3 is 0 Å². The SMILES string of the molecule is CCC(CC)(CN)NC(=O)Cc1ccccc1F.Cl. The van der Waals surface area contributed by atoms with E-state index in [9.17, 15) is 9.18 Å². The number of rotatable bonds is 6. The fourth-order valence-corrected chi connectivity index (χ4v) is 1.92. The van der Waals surface area contributed by atoms with Crippen molar-refractivity contribution in [3.8, 4) is 0 Å². The van der Waals surface area contributed by atoms with Gasteiger partial charge < -0.3 is 11.1 Å². The van der Waals surface area contributed by atoms with E-state index in [0.29, 0.717) is 12.1 Å². The summed E-state index contributed by atoms with van der Waals surface area (Å²) in [4.78, 5) is 11.9. The topological polar surface area (TPSA) is 55.1 Å². The molecule has 0 aliphatic heterocycles. The number of nitrogens with two attached hydrogens (primary N) is 1. The Balaban J connectivity index is 0.00000324. The van der Waals surface area contributed by atoms with E-state index < -0.39 is 0 Å². The maximum absolute atomic E-state index is 13.4. The predicted octanol–water partition coefficient (Wildman–Crippen LogP) is 2.42. The fraction of sp³-hybridized carbons (Fsp3) is 0.500. The molecule has 5 heteroatoms. The third-order valence-electron chi connectivity index (χ3n) is 3.46. The maximum atomic E-state index is 13.4. The van der Waals surface area contributed by atoms with Crippen LogP contribution in [0, 0.1) is 5.82 Å². The van der Waals surface area contributed by atoms with Crippen molar-refractivity contribution in [1.29, 1.82) is 0 Å². The van der Waals surface area contributed by atoms with Crippen molar-refractivity contribution in [2.24, 2.45) is 5.73 Å². The maximum Gasteiger partial charge on any atom is 0.225 e. The summed E-state index contributed by atoms with van der Waals surface area (Å²) in [7, 11) is 0. The van der Waals surface area contributed by atoms with Crippen LogP contribution in [-0.4, -0.2) is 18.0 Å². The van der Waals surface area contributed by atoms with Gasteiger partial charge in [0.25, 0.3) is 0 Å². The van der Waals surface area contributed by atoms with Gasteiger partial charge in [-0.1, -0.05) is 32.0 Å². The van der Waals surface area contributed by atoms with Gasteiger partial charge in [-0.25, -0.2) is 4.39 Å². The number of benzene rings is 1. The van der Waals surface area contributed by atoms with Gasteiger partial charge in [0, 0.05) is 6.54 Å². The Morgan fingerprint density at radius 2 is 1.89 bits per heavy atom. The molecule has 0 saturated heterocycles. The minimum Gasteiger partial charge on any atom is -0.349 e. The molecule has 1 aromatic rings. The summed E-state index contributed by atoms with van der Waals surface area (Å²) in [5.74, 6) is -0.534. The van der Waals surface area contributed by atoms with E-state index in [1.54, 1.807) is 18.2 Å². The Kier molecular flexibility index (Phi) is 7.64. The van der Waals surface area contributed by atoms with Gasteiger partial charge in [0.05, 0.1) is 12.0 Å². The summed E-state index contributed by atoms with van der Waals surface area (Å²) >= 11 is 0. The van der Waals surface area contributed by atoms with Crippen molar-refractivity contribution >= 4 is 18.3 Å². The van der Waals surface area contributed by atoms with Gasteiger partial charge in [-0.3, -0.25) is 4.79 Å².